The molecule has 1 heterocycles. The summed E-state index contributed by atoms with van der Waals surface area (Å²) in [6.45, 7) is 0. The van der Waals surface area contributed by atoms with Crippen LogP contribution in [0.15, 0.2) is 59.1 Å². The molecule has 0 saturated carbocycles. The molecule has 0 atom stereocenters. The van der Waals surface area contributed by atoms with Crippen LogP contribution in [0.5, 0.6) is 5.75 Å². The molecular weight excluding hydrogens is 397 g/mol. The van der Waals surface area contributed by atoms with Crippen LogP contribution < -0.4 is 10.1 Å². The average molecular weight is 411 g/mol. The second kappa shape index (κ2) is 8.35. The number of benzene rings is 2. The summed E-state index contributed by atoms with van der Waals surface area (Å²) in [6.07, 6.45) is -3.23. The molecule has 28 heavy (non-hydrogen) atoms. The fourth-order valence-corrected chi connectivity index (χ4v) is 2.66. The number of aromatic nitrogens is 1. The number of anilines is 1. The molecule has 1 aromatic heterocycles. The molecule has 146 valence electrons. The van der Waals surface area contributed by atoms with Crippen molar-refractivity contribution in [3.63, 3.8) is 0 Å². The summed E-state index contributed by atoms with van der Waals surface area (Å²) in [5.74, 6) is -0.217. The standard InChI is InChI=1S/C19H14ClF3N2O3/c20-13-6-2-1-5-12(13)16-11-24-18(27-16)10-9-17(26)25-14-7-3-4-8-15(14)28-19(21,22)23/h1-8,11H,9-10H2,(H,25,26). The van der Waals surface area contributed by atoms with Gasteiger partial charge in [-0.3, -0.25) is 4.79 Å². The largest absolute Gasteiger partial charge is 0.573 e. The minimum atomic E-state index is -4.85. The van der Waals surface area contributed by atoms with Gasteiger partial charge in [0.15, 0.2) is 17.4 Å². The summed E-state index contributed by atoms with van der Waals surface area (Å²) in [7, 11) is 0. The van der Waals surface area contributed by atoms with Crippen molar-refractivity contribution in [2.75, 3.05) is 5.32 Å². The van der Waals surface area contributed by atoms with Crippen LogP contribution >= 0.6 is 11.6 Å². The highest BCUT2D eigenvalue weighted by molar-refractivity contribution is 6.33. The molecule has 0 bridgehead atoms. The molecule has 0 spiro atoms. The predicted octanol–water partition coefficient (Wildman–Crippen LogP) is 5.46. The second-order valence-corrected chi connectivity index (χ2v) is 6.10. The summed E-state index contributed by atoms with van der Waals surface area (Å²) >= 11 is 6.10. The SMILES string of the molecule is O=C(CCc1ncc(-c2ccccc2Cl)o1)Nc1ccccc1OC(F)(F)F. The van der Waals surface area contributed by atoms with Crippen LogP contribution in [0.4, 0.5) is 18.9 Å². The number of ether oxygens (including phenoxy) is 1. The molecule has 0 saturated heterocycles. The average Bonchev–Trinajstić information content (AvgIpc) is 3.10. The molecule has 0 radical (unpaired) electrons. The van der Waals surface area contributed by atoms with Gasteiger partial charge in [-0.05, 0) is 24.3 Å². The van der Waals surface area contributed by atoms with Gasteiger partial charge < -0.3 is 14.5 Å². The van der Waals surface area contributed by atoms with Crippen molar-refractivity contribution >= 4 is 23.2 Å². The van der Waals surface area contributed by atoms with Crippen LogP contribution in [-0.4, -0.2) is 17.3 Å². The van der Waals surface area contributed by atoms with Crippen LogP contribution in [0.2, 0.25) is 5.02 Å². The monoisotopic (exact) mass is 410 g/mol. The van der Waals surface area contributed by atoms with E-state index in [1.54, 1.807) is 24.3 Å². The number of rotatable bonds is 6. The number of aryl methyl sites for hydroxylation is 1. The van der Waals surface area contributed by atoms with Gasteiger partial charge in [-0.25, -0.2) is 4.98 Å². The number of amides is 1. The van der Waals surface area contributed by atoms with Crippen molar-refractivity contribution in [3.8, 4) is 17.1 Å². The number of hydrogen-bond donors (Lipinski definition) is 1. The van der Waals surface area contributed by atoms with E-state index < -0.39 is 18.0 Å². The fraction of sp³-hybridized carbons (Fsp3) is 0.158. The third-order valence-corrected chi connectivity index (χ3v) is 3.98. The first kappa shape index (κ1) is 19.8. The first-order chi connectivity index (χ1) is 13.3. The smallest absolute Gasteiger partial charge is 0.441 e. The predicted molar refractivity (Wildman–Crippen MR) is 97.0 cm³/mol. The summed E-state index contributed by atoms with van der Waals surface area (Å²) in [6, 6.07) is 12.4. The van der Waals surface area contributed by atoms with E-state index in [1.165, 1.54) is 24.4 Å². The molecule has 0 fully saturated rings. The minimum Gasteiger partial charge on any atom is -0.441 e. The van der Waals surface area contributed by atoms with E-state index >= 15 is 0 Å². The maximum atomic E-state index is 12.4. The molecular formula is C19H14ClF3N2O3. The van der Waals surface area contributed by atoms with Crippen molar-refractivity contribution in [1.82, 2.24) is 4.98 Å². The molecule has 3 rings (SSSR count). The third-order valence-electron chi connectivity index (χ3n) is 3.65. The number of nitrogens with zero attached hydrogens (tertiary/aromatic N) is 1. The zero-order valence-corrected chi connectivity index (χ0v) is 15.1. The quantitative estimate of drug-likeness (QED) is 0.585. The lowest BCUT2D eigenvalue weighted by atomic mass is 10.2. The Kier molecular flexibility index (Phi) is 5.89. The first-order valence-electron chi connectivity index (χ1n) is 8.16. The fourth-order valence-electron chi connectivity index (χ4n) is 2.43. The van der Waals surface area contributed by atoms with Crippen LogP contribution in [-0.2, 0) is 11.2 Å². The number of carbonyl (C=O) groups excluding carboxylic acids is 1. The van der Waals surface area contributed by atoms with Gasteiger partial charge in [-0.1, -0.05) is 35.9 Å². The lowest BCUT2D eigenvalue weighted by Gasteiger charge is -2.13. The number of para-hydroxylation sites is 2. The molecule has 0 aliphatic carbocycles. The molecule has 2 aromatic carbocycles. The number of oxazole rings is 1. The first-order valence-corrected chi connectivity index (χ1v) is 8.54. The number of carbonyl (C=O) groups is 1. The highest BCUT2D eigenvalue weighted by Crippen LogP contribution is 2.30. The van der Waals surface area contributed by atoms with Gasteiger partial charge in [0.1, 0.15) is 0 Å². The normalized spacial score (nSPS) is 11.3. The van der Waals surface area contributed by atoms with E-state index in [4.69, 9.17) is 16.0 Å². The number of nitrogens with one attached hydrogen (secondary N) is 1. The number of alkyl halides is 3. The van der Waals surface area contributed by atoms with E-state index in [1.807, 2.05) is 0 Å². The Morgan fingerprint density at radius 2 is 1.86 bits per heavy atom. The van der Waals surface area contributed by atoms with E-state index in [-0.39, 0.29) is 18.5 Å². The van der Waals surface area contributed by atoms with Crippen LogP contribution in [0.3, 0.4) is 0 Å². The van der Waals surface area contributed by atoms with E-state index in [0.717, 1.165) is 6.07 Å². The van der Waals surface area contributed by atoms with Crippen LogP contribution in [0.25, 0.3) is 11.3 Å². The van der Waals surface area contributed by atoms with E-state index in [2.05, 4.69) is 15.0 Å². The highest BCUT2D eigenvalue weighted by atomic mass is 35.5. The number of halogens is 4. The Morgan fingerprint density at radius 3 is 2.61 bits per heavy atom. The minimum absolute atomic E-state index is 0.0389. The lowest BCUT2D eigenvalue weighted by molar-refractivity contribution is -0.274. The Morgan fingerprint density at radius 1 is 1.14 bits per heavy atom. The van der Waals surface area contributed by atoms with E-state index in [9.17, 15) is 18.0 Å². The summed E-state index contributed by atoms with van der Waals surface area (Å²) in [4.78, 5) is 16.2. The molecule has 0 unspecified atom stereocenters. The van der Waals surface area contributed by atoms with Crippen molar-refractivity contribution in [3.05, 3.63) is 65.6 Å². The van der Waals surface area contributed by atoms with Gasteiger partial charge in [-0.2, -0.15) is 0 Å². The maximum absolute atomic E-state index is 12.4. The van der Waals surface area contributed by atoms with Crippen molar-refractivity contribution in [1.29, 1.82) is 0 Å². The zero-order valence-electron chi connectivity index (χ0n) is 14.3. The van der Waals surface area contributed by atoms with Crippen molar-refractivity contribution in [2.24, 2.45) is 0 Å². The van der Waals surface area contributed by atoms with Crippen LogP contribution in [0, 0.1) is 0 Å². The topological polar surface area (TPSA) is 64.4 Å². The summed E-state index contributed by atoms with van der Waals surface area (Å²) in [5.41, 5.74) is 0.597. The van der Waals surface area contributed by atoms with Gasteiger partial charge in [0, 0.05) is 18.4 Å². The summed E-state index contributed by atoms with van der Waals surface area (Å²) in [5, 5.41) is 2.90. The van der Waals surface area contributed by atoms with Gasteiger partial charge in [0.2, 0.25) is 5.91 Å². The lowest BCUT2D eigenvalue weighted by Crippen LogP contribution is -2.19. The molecule has 1 amide bonds. The Bertz CT molecular complexity index is 973. The molecule has 3 aromatic rings. The Labute approximate surface area is 163 Å². The van der Waals surface area contributed by atoms with Gasteiger partial charge >= 0.3 is 6.36 Å². The molecule has 5 nitrogen and oxygen atoms in total. The second-order valence-electron chi connectivity index (χ2n) is 5.69. The van der Waals surface area contributed by atoms with Gasteiger partial charge in [0.05, 0.1) is 16.9 Å². The number of hydrogen-bond acceptors (Lipinski definition) is 4. The third kappa shape index (κ3) is 5.26. The highest BCUT2D eigenvalue weighted by Gasteiger charge is 2.32. The van der Waals surface area contributed by atoms with E-state index in [0.29, 0.717) is 22.2 Å². The van der Waals surface area contributed by atoms with Gasteiger partial charge in [0.25, 0.3) is 0 Å². The molecule has 0 aliphatic rings. The Hall–Kier alpha value is -3.00. The summed E-state index contributed by atoms with van der Waals surface area (Å²) < 4.78 is 46.8. The zero-order chi connectivity index (χ0) is 20.1. The van der Waals surface area contributed by atoms with Crippen molar-refractivity contribution < 1.29 is 27.1 Å². The van der Waals surface area contributed by atoms with Crippen molar-refractivity contribution in [2.45, 2.75) is 19.2 Å². The van der Waals surface area contributed by atoms with Crippen LogP contribution in [0.1, 0.15) is 12.3 Å². The Balaban J connectivity index is 1.61. The molecule has 1 N–H and O–H groups in total. The maximum Gasteiger partial charge on any atom is 0.573 e. The molecule has 9 heteroatoms. The molecule has 0 aliphatic heterocycles. The van der Waals surface area contributed by atoms with Gasteiger partial charge in [-0.15, -0.1) is 13.2 Å².